The van der Waals surface area contributed by atoms with E-state index in [4.69, 9.17) is 15.7 Å². The third-order valence-electron chi connectivity index (χ3n) is 9.70. The van der Waals surface area contributed by atoms with Gasteiger partial charge in [-0.15, -0.1) is 0 Å². The van der Waals surface area contributed by atoms with Crippen LogP contribution >= 0.6 is 0 Å². The number of imidazole rings is 1. The van der Waals surface area contributed by atoms with E-state index >= 15 is 0 Å². The van der Waals surface area contributed by atoms with Gasteiger partial charge < -0.3 is 25.1 Å². The van der Waals surface area contributed by atoms with E-state index in [0.29, 0.717) is 17.9 Å². The number of hydrogen-bond donors (Lipinski definition) is 2. The van der Waals surface area contributed by atoms with Crippen LogP contribution in [0.3, 0.4) is 0 Å². The van der Waals surface area contributed by atoms with E-state index in [9.17, 15) is 0 Å². The van der Waals surface area contributed by atoms with Gasteiger partial charge in [0.05, 0.1) is 16.4 Å². The number of rotatable bonds is 5. The number of aromatic nitrogens is 5. The molecule has 0 spiro atoms. The largest absolute Gasteiger partial charge is 0.383 e. The van der Waals surface area contributed by atoms with Crippen LogP contribution in [0.1, 0.15) is 42.9 Å². The van der Waals surface area contributed by atoms with Crippen molar-refractivity contribution in [1.29, 1.82) is 0 Å². The number of fused-ring (bicyclic) bond motifs is 2. The minimum Gasteiger partial charge on any atom is -0.383 e. The first-order valence-corrected chi connectivity index (χ1v) is 15.2. The van der Waals surface area contributed by atoms with Crippen molar-refractivity contribution in [2.24, 2.45) is 7.05 Å². The van der Waals surface area contributed by atoms with Gasteiger partial charge in [0, 0.05) is 62.8 Å². The van der Waals surface area contributed by atoms with Crippen molar-refractivity contribution in [3.05, 3.63) is 60.0 Å². The lowest BCUT2D eigenvalue weighted by atomic mass is 9.89. The Morgan fingerprint density at radius 1 is 0.857 bits per heavy atom. The second-order valence-corrected chi connectivity index (χ2v) is 12.3. The van der Waals surface area contributed by atoms with Crippen LogP contribution in [0.15, 0.2) is 48.9 Å². The highest BCUT2D eigenvalue weighted by Crippen LogP contribution is 2.39. The van der Waals surface area contributed by atoms with Gasteiger partial charge in [0.2, 0.25) is 5.95 Å². The van der Waals surface area contributed by atoms with Gasteiger partial charge in [0.1, 0.15) is 17.8 Å². The third-order valence-corrected chi connectivity index (χ3v) is 9.70. The van der Waals surface area contributed by atoms with E-state index in [1.54, 1.807) is 6.33 Å². The Morgan fingerprint density at radius 2 is 1.55 bits per heavy atom. The van der Waals surface area contributed by atoms with Crippen LogP contribution in [0, 0.1) is 13.8 Å². The minimum atomic E-state index is 0.421. The van der Waals surface area contributed by atoms with E-state index in [1.807, 2.05) is 0 Å². The van der Waals surface area contributed by atoms with Crippen LogP contribution in [0.2, 0.25) is 0 Å². The van der Waals surface area contributed by atoms with Gasteiger partial charge in [-0.1, -0.05) is 12.1 Å². The van der Waals surface area contributed by atoms with Gasteiger partial charge in [-0.05, 0) is 87.5 Å². The fourth-order valence-corrected chi connectivity index (χ4v) is 6.92. The number of hydrogen-bond acceptors (Lipinski definition) is 7. The van der Waals surface area contributed by atoms with Gasteiger partial charge in [-0.2, -0.15) is 0 Å². The molecule has 2 aromatic carbocycles. The highest BCUT2D eigenvalue weighted by Gasteiger charge is 2.30. The number of anilines is 3. The van der Waals surface area contributed by atoms with Crippen molar-refractivity contribution in [3.63, 3.8) is 0 Å². The second kappa shape index (κ2) is 10.7. The number of piperazine rings is 1. The van der Waals surface area contributed by atoms with E-state index in [2.05, 4.69) is 99.8 Å². The molecule has 9 heteroatoms. The van der Waals surface area contributed by atoms with E-state index in [-0.39, 0.29) is 0 Å². The van der Waals surface area contributed by atoms with E-state index in [1.165, 1.54) is 50.1 Å². The quantitative estimate of drug-likeness (QED) is 0.285. The predicted molar refractivity (Wildman–Crippen MR) is 171 cm³/mol. The van der Waals surface area contributed by atoms with Gasteiger partial charge >= 0.3 is 0 Å². The topological polar surface area (TPSA) is 93.1 Å². The second-order valence-electron chi connectivity index (χ2n) is 12.3. The Morgan fingerprint density at radius 3 is 2.29 bits per heavy atom. The molecule has 1 aliphatic carbocycles. The molecule has 1 saturated carbocycles. The fraction of sp³-hybridized carbons (Fsp3) is 0.424. The molecule has 7 rings (SSSR count). The van der Waals surface area contributed by atoms with Gasteiger partial charge in [0.15, 0.2) is 0 Å². The number of aryl methyl sites for hydroxylation is 3. The molecular weight excluding hydrogens is 522 g/mol. The van der Waals surface area contributed by atoms with Crippen molar-refractivity contribution in [3.8, 4) is 11.1 Å². The highest BCUT2D eigenvalue weighted by molar-refractivity contribution is 6.00. The van der Waals surface area contributed by atoms with Crippen LogP contribution < -0.4 is 11.1 Å². The lowest BCUT2D eigenvalue weighted by molar-refractivity contribution is 0.0828. The molecule has 2 fully saturated rings. The molecule has 5 aromatic rings. The summed E-state index contributed by atoms with van der Waals surface area (Å²) >= 11 is 0. The Kier molecular flexibility index (Phi) is 6.86. The van der Waals surface area contributed by atoms with Crippen molar-refractivity contribution >= 4 is 39.5 Å². The summed E-state index contributed by atoms with van der Waals surface area (Å²) in [5.74, 6) is 1.36. The van der Waals surface area contributed by atoms with Crippen molar-refractivity contribution in [1.82, 2.24) is 33.9 Å². The molecule has 0 atom stereocenters. The van der Waals surface area contributed by atoms with Gasteiger partial charge in [-0.25, -0.2) is 15.0 Å². The Hall–Kier alpha value is -3.95. The molecule has 3 aromatic heterocycles. The number of benzene rings is 2. The maximum atomic E-state index is 6.48. The zero-order valence-corrected chi connectivity index (χ0v) is 25.1. The zero-order valence-electron chi connectivity index (χ0n) is 25.1. The Balaban J connectivity index is 1.13. The Labute approximate surface area is 247 Å². The summed E-state index contributed by atoms with van der Waals surface area (Å²) < 4.78 is 4.48. The lowest BCUT2D eigenvalue weighted by Crippen LogP contribution is -2.49. The molecule has 1 saturated heterocycles. The zero-order chi connectivity index (χ0) is 29.0. The van der Waals surface area contributed by atoms with E-state index in [0.717, 1.165) is 57.7 Å². The fourth-order valence-electron chi connectivity index (χ4n) is 6.92. The maximum Gasteiger partial charge on any atom is 0.208 e. The first-order chi connectivity index (χ1) is 20.4. The molecule has 0 amide bonds. The standard InChI is InChI=1S/C33H41N9/c1-21-17-28-29(18-22(21)2)40(4)33(38-28)37-24-7-5-23(6-8-24)27-19-42(32-30(27)31(34)35-20-36-32)26-11-9-25(10-12-26)41-15-13-39(3)14-16-41/h5-8,17-20,25-26H,9-16H2,1-4H3,(H,37,38)(H2,34,35,36)/t25-,26-. The Bertz CT molecular complexity index is 1730. The molecule has 42 heavy (non-hydrogen) atoms. The lowest BCUT2D eigenvalue weighted by Gasteiger charge is -2.41. The summed E-state index contributed by atoms with van der Waals surface area (Å²) in [7, 11) is 4.28. The summed E-state index contributed by atoms with van der Waals surface area (Å²) in [6.07, 6.45) is 8.63. The molecule has 2 aliphatic rings. The average Bonchev–Trinajstić information content (AvgIpc) is 3.53. The summed E-state index contributed by atoms with van der Waals surface area (Å²) in [6, 6.07) is 14.0. The molecule has 0 bridgehead atoms. The highest BCUT2D eigenvalue weighted by atomic mass is 15.3. The summed E-state index contributed by atoms with van der Waals surface area (Å²) in [5.41, 5.74) is 15.2. The molecular formula is C33H41N9. The number of nitrogen functional groups attached to an aromatic ring is 1. The molecule has 218 valence electrons. The normalized spacial score (nSPS) is 20.5. The molecule has 0 unspecified atom stereocenters. The van der Waals surface area contributed by atoms with Crippen molar-refractivity contribution in [2.75, 3.05) is 44.3 Å². The van der Waals surface area contributed by atoms with Gasteiger partial charge in [-0.3, -0.25) is 4.90 Å². The van der Waals surface area contributed by atoms with Crippen molar-refractivity contribution in [2.45, 2.75) is 51.6 Å². The minimum absolute atomic E-state index is 0.421. The molecule has 9 nitrogen and oxygen atoms in total. The van der Waals surface area contributed by atoms with E-state index < -0.39 is 0 Å². The van der Waals surface area contributed by atoms with Crippen LogP contribution in [-0.2, 0) is 7.05 Å². The maximum absolute atomic E-state index is 6.48. The molecule has 4 heterocycles. The average molecular weight is 564 g/mol. The third kappa shape index (κ3) is 4.80. The van der Waals surface area contributed by atoms with Crippen LogP contribution in [0.4, 0.5) is 17.5 Å². The monoisotopic (exact) mass is 563 g/mol. The first-order valence-electron chi connectivity index (χ1n) is 15.2. The first kappa shape index (κ1) is 26.9. The number of likely N-dealkylation sites (N-methyl/N-ethyl adjacent to an activating group) is 1. The summed E-state index contributed by atoms with van der Waals surface area (Å²) in [6.45, 7) is 8.99. The number of nitrogens with two attached hydrogens (primary N) is 1. The molecule has 1 aliphatic heterocycles. The predicted octanol–water partition coefficient (Wildman–Crippen LogP) is 5.66. The summed E-state index contributed by atoms with van der Waals surface area (Å²) in [4.78, 5) is 19.1. The smallest absolute Gasteiger partial charge is 0.208 e. The SMILES string of the molecule is Cc1cc2nc(Nc3ccc(-c4cn([C@H]5CC[C@H](N6CCN(C)CC6)CC5)c5ncnc(N)c45)cc3)n(C)c2cc1C. The summed E-state index contributed by atoms with van der Waals surface area (Å²) in [5, 5.41) is 4.45. The van der Waals surface area contributed by atoms with Crippen LogP contribution in [-0.4, -0.2) is 73.2 Å². The van der Waals surface area contributed by atoms with Gasteiger partial charge in [0.25, 0.3) is 0 Å². The molecule has 3 N–H and O–H groups in total. The van der Waals surface area contributed by atoms with Crippen LogP contribution in [0.5, 0.6) is 0 Å². The molecule has 0 radical (unpaired) electrons. The number of nitrogens with zero attached hydrogens (tertiary/aromatic N) is 7. The van der Waals surface area contributed by atoms with Crippen LogP contribution in [0.25, 0.3) is 33.2 Å². The van der Waals surface area contributed by atoms with Crippen molar-refractivity contribution < 1.29 is 0 Å². The number of nitrogens with one attached hydrogen (secondary N) is 1.